The molecule has 0 saturated carbocycles. The Kier molecular flexibility index (Phi) is 1.29. The predicted molar refractivity (Wildman–Crippen MR) is 50.2 cm³/mol. The number of halogens is 1. The molecule has 1 aliphatic heterocycles. The molecule has 1 aromatic heterocycles. The summed E-state index contributed by atoms with van der Waals surface area (Å²) >= 11 is 0. The van der Waals surface area contributed by atoms with Crippen LogP contribution >= 0.6 is 0 Å². The number of nitrogens with zero attached hydrogens (tertiary/aromatic N) is 1. The number of aryl methyl sites for hydroxylation is 2. The molecule has 2 aromatic rings. The molecule has 3 rings (SSSR count). The molecule has 1 aliphatic rings. The molecule has 0 fully saturated rings. The second kappa shape index (κ2) is 2.34. The second-order valence-corrected chi connectivity index (χ2v) is 3.59. The summed E-state index contributed by atoms with van der Waals surface area (Å²) in [6, 6.07) is 7.12. The van der Waals surface area contributed by atoms with Crippen LogP contribution < -0.4 is 0 Å². The molecule has 0 radical (unpaired) electrons. The van der Waals surface area contributed by atoms with Gasteiger partial charge in [0, 0.05) is 23.1 Å². The van der Waals surface area contributed by atoms with Gasteiger partial charge in [-0.15, -0.1) is 0 Å². The maximum absolute atomic E-state index is 12.9. The minimum Gasteiger partial charge on any atom is -0.345 e. The summed E-state index contributed by atoms with van der Waals surface area (Å²) in [5.74, 6) is -0.142. The van der Waals surface area contributed by atoms with Gasteiger partial charge in [0.05, 0.1) is 0 Å². The molecule has 0 spiro atoms. The summed E-state index contributed by atoms with van der Waals surface area (Å²) in [5, 5.41) is 1.04. The zero-order valence-electron chi connectivity index (χ0n) is 7.26. The first-order chi connectivity index (χ1) is 6.34. The van der Waals surface area contributed by atoms with Gasteiger partial charge in [-0.2, -0.15) is 0 Å². The number of fused-ring (bicyclic) bond motifs is 3. The van der Waals surface area contributed by atoms with Crippen molar-refractivity contribution < 1.29 is 4.39 Å². The Morgan fingerprint density at radius 1 is 1.23 bits per heavy atom. The molecule has 2 heterocycles. The van der Waals surface area contributed by atoms with E-state index >= 15 is 0 Å². The molecule has 1 nitrogen and oxygen atoms in total. The van der Waals surface area contributed by atoms with Gasteiger partial charge >= 0.3 is 0 Å². The van der Waals surface area contributed by atoms with E-state index in [9.17, 15) is 4.39 Å². The fraction of sp³-hybridized carbons (Fsp3) is 0.273. The van der Waals surface area contributed by atoms with Gasteiger partial charge < -0.3 is 4.57 Å². The lowest BCUT2D eigenvalue weighted by atomic mass is 10.2. The summed E-state index contributed by atoms with van der Waals surface area (Å²) in [7, 11) is 0. The third-order valence-electron chi connectivity index (χ3n) is 2.76. The van der Waals surface area contributed by atoms with Crippen LogP contribution in [0.1, 0.15) is 12.1 Å². The van der Waals surface area contributed by atoms with E-state index in [2.05, 4.69) is 10.6 Å². The van der Waals surface area contributed by atoms with Crippen LogP contribution in [0.4, 0.5) is 4.39 Å². The van der Waals surface area contributed by atoms with Crippen molar-refractivity contribution in [1.82, 2.24) is 4.57 Å². The number of benzene rings is 1. The molecule has 0 aliphatic carbocycles. The Morgan fingerprint density at radius 2 is 2.15 bits per heavy atom. The lowest BCUT2D eigenvalue weighted by Crippen LogP contribution is -1.90. The average molecular weight is 175 g/mol. The summed E-state index contributed by atoms with van der Waals surface area (Å²) in [6.07, 6.45) is 2.36. The molecule has 0 N–H and O–H groups in total. The van der Waals surface area contributed by atoms with E-state index in [4.69, 9.17) is 0 Å². The molecule has 0 saturated heterocycles. The minimum absolute atomic E-state index is 0.142. The van der Waals surface area contributed by atoms with Crippen molar-refractivity contribution in [1.29, 1.82) is 0 Å². The molecule has 0 unspecified atom stereocenters. The van der Waals surface area contributed by atoms with Crippen molar-refractivity contribution in [2.75, 3.05) is 0 Å². The van der Waals surface area contributed by atoms with Crippen LogP contribution in [0.2, 0.25) is 0 Å². The highest BCUT2D eigenvalue weighted by Gasteiger charge is 2.13. The quantitative estimate of drug-likeness (QED) is 0.580. The van der Waals surface area contributed by atoms with Crippen molar-refractivity contribution >= 4 is 10.9 Å². The third kappa shape index (κ3) is 0.916. The molecule has 0 bridgehead atoms. The summed E-state index contributed by atoms with van der Waals surface area (Å²) in [4.78, 5) is 0. The zero-order valence-corrected chi connectivity index (χ0v) is 7.26. The van der Waals surface area contributed by atoms with Crippen LogP contribution in [0.5, 0.6) is 0 Å². The molecule has 0 amide bonds. The first-order valence-electron chi connectivity index (χ1n) is 4.62. The monoisotopic (exact) mass is 175 g/mol. The Labute approximate surface area is 75.8 Å². The van der Waals surface area contributed by atoms with Gasteiger partial charge in [0.2, 0.25) is 0 Å². The molecule has 0 atom stereocenters. The van der Waals surface area contributed by atoms with Crippen LogP contribution in [-0.2, 0) is 13.0 Å². The second-order valence-electron chi connectivity index (χ2n) is 3.59. The Hall–Kier alpha value is -1.31. The third-order valence-corrected chi connectivity index (χ3v) is 2.76. The van der Waals surface area contributed by atoms with Gasteiger partial charge in [-0.1, -0.05) is 0 Å². The van der Waals surface area contributed by atoms with E-state index in [-0.39, 0.29) is 5.82 Å². The van der Waals surface area contributed by atoms with E-state index in [0.29, 0.717) is 0 Å². The number of rotatable bonds is 0. The van der Waals surface area contributed by atoms with Crippen molar-refractivity contribution in [3.05, 3.63) is 35.8 Å². The highest BCUT2D eigenvalue weighted by molar-refractivity contribution is 5.81. The van der Waals surface area contributed by atoms with E-state index in [1.807, 2.05) is 6.07 Å². The van der Waals surface area contributed by atoms with Gasteiger partial charge in [0.1, 0.15) is 5.82 Å². The SMILES string of the molecule is Fc1ccc2c(c1)cc1n2CCC1. The predicted octanol–water partition coefficient (Wildman–Crippen LogP) is 2.73. The molecule has 2 heteroatoms. The molecule has 13 heavy (non-hydrogen) atoms. The minimum atomic E-state index is -0.142. The number of hydrogen-bond donors (Lipinski definition) is 0. The van der Waals surface area contributed by atoms with Crippen molar-refractivity contribution in [3.8, 4) is 0 Å². The first-order valence-corrected chi connectivity index (χ1v) is 4.62. The van der Waals surface area contributed by atoms with Gasteiger partial charge in [-0.25, -0.2) is 4.39 Å². The number of aromatic nitrogens is 1. The van der Waals surface area contributed by atoms with Crippen LogP contribution in [0.25, 0.3) is 10.9 Å². The fourth-order valence-electron chi connectivity index (χ4n) is 2.19. The molecular formula is C11H10FN. The Balaban J connectivity index is 2.38. The maximum Gasteiger partial charge on any atom is 0.123 e. The standard InChI is InChI=1S/C11H10FN/c12-9-3-4-11-8(6-9)7-10-2-1-5-13(10)11/h3-4,6-7H,1-2,5H2. The van der Waals surface area contributed by atoms with Crippen LogP contribution in [0.15, 0.2) is 24.3 Å². The van der Waals surface area contributed by atoms with Crippen molar-refractivity contribution in [2.24, 2.45) is 0 Å². The Bertz CT molecular complexity index is 470. The summed E-state index contributed by atoms with van der Waals surface area (Å²) in [6.45, 7) is 1.09. The van der Waals surface area contributed by atoms with E-state index < -0.39 is 0 Å². The largest absolute Gasteiger partial charge is 0.345 e. The maximum atomic E-state index is 12.9. The lowest BCUT2D eigenvalue weighted by molar-refractivity contribution is 0.629. The molecule has 1 aromatic carbocycles. The van der Waals surface area contributed by atoms with Gasteiger partial charge in [-0.3, -0.25) is 0 Å². The highest BCUT2D eigenvalue weighted by atomic mass is 19.1. The zero-order chi connectivity index (χ0) is 8.84. The molecular weight excluding hydrogens is 165 g/mol. The van der Waals surface area contributed by atoms with E-state index in [1.165, 1.54) is 23.7 Å². The van der Waals surface area contributed by atoms with Crippen LogP contribution in [0, 0.1) is 5.82 Å². The summed E-state index contributed by atoms with van der Waals surface area (Å²) < 4.78 is 15.2. The number of hydrogen-bond acceptors (Lipinski definition) is 0. The van der Waals surface area contributed by atoms with Crippen LogP contribution in [-0.4, -0.2) is 4.57 Å². The first kappa shape index (κ1) is 7.13. The lowest BCUT2D eigenvalue weighted by Gasteiger charge is -1.98. The van der Waals surface area contributed by atoms with Crippen LogP contribution in [0.3, 0.4) is 0 Å². The topological polar surface area (TPSA) is 4.93 Å². The summed E-state index contributed by atoms with van der Waals surface area (Å²) in [5.41, 5.74) is 2.52. The van der Waals surface area contributed by atoms with Crippen molar-refractivity contribution in [2.45, 2.75) is 19.4 Å². The highest BCUT2D eigenvalue weighted by Crippen LogP contribution is 2.26. The van der Waals surface area contributed by atoms with Gasteiger partial charge in [0.15, 0.2) is 0 Å². The van der Waals surface area contributed by atoms with Crippen molar-refractivity contribution in [3.63, 3.8) is 0 Å². The van der Waals surface area contributed by atoms with E-state index in [1.54, 1.807) is 6.07 Å². The smallest absolute Gasteiger partial charge is 0.123 e. The average Bonchev–Trinajstić information content (AvgIpc) is 2.62. The van der Waals surface area contributed by atoms with Gasteiger partial charge in [0.25, 0.3) is 0 Å². The Morgan fingerprint density at radius 3 is 3.08 bits per heavy atom. The normalized spacial score (nSPS) is 15.2. The molecule has 66 valence electrons. The fourth-order valence-corrected chi connectivity index (χ4v) is 2.19. The van der Waals surface area contributed by atoms with Gasteiger partial charge in [-0.05, 0) is 37.1 Å². The van der Waals surface area contributed by atoms with E-state index in [0.717, 1.165) is 18.4 Å².